The van der Waals surface area contributed by atoms with Gasteiger partial charge in [-0.1, -0.05) is 30.7 Å². The zero-order valence-electron chi connectivity index (χ0n) is 11.6. The first kappa shape index (κ1) is 14.8. The monoisotopic (exact) mass is 291 g/mol. The molecule has 0 aliphatic rings. The van der Waals surface area contributed by atoms with E-state index in [9.17, 15) is 0 Å². The van der Waals surface area contributed by atoms with Gasteiger partial charge >= 0.3 is 0 Å². The summed E-state index contributed by atoms with van der Waals surface area (Å²) in [6.45, 7) is 2.93. The molecule has 2 rings (SSSR count). The van der Waals surface area contributed by atoms with Crippen LogP contribution in [0.15, 0.2) is 36.4 Å². The first-order valence-corrected chi connectivity index (χ1v) is 6.96. The van der Waals surface area contributed by atoms with Gasteiger partial charge in [-0.25, -0.2) is 0 Å². The molecule has 0 bridgehead atoms. The Hall–Kier alpha value is -1.65. The molecule has 2 aromatic rings. The Kier molecular flexibility index (Phi) is 5.32. The van der Waals surface area contributed by atoms with Crippen LogP contribution in [0.25, 0.3) is 0 Å². The van der Waals surface area contributed by atoms with Crippen LogP contribution in [0.4, 0.5) is 0 Å². The number of ether oxygens (including phenoxy) is 1. The summed E-state index contributed by atoms with van der Waals surface area (Å²) in [6.07, 6.45) is 0.815. The molecule has 1 aromatic heterocycles. The lowest BCUT2D eigenvalue weighted by Crippen LogP contribution is -2.24. The van der Waals surface area contributed by atoms with Gasteiger partial charge in [0.05, 0.1) is 18.8 Å². The summed E-state index contributed by atoms with van der Waals surface area (Å²) in [7, 11) is 1.58. The Balaban J connectivity index is 2.17. The van der Waals surface area contributed by atoms with Crippen molar-refractivity contribution in [1.82, 2.24) is 15.5 Å². The minimum atomic E-state index is 0.108. The zero-order valence-corrected chi connectivity index (χ0v) is 12.4. The number of nitrogens with one attached hydrogen (secondary N) is 1. The maximum atomic E-state index is 6.03. The van der Waals surface area contributed by atoms with Crippen molar-refractivity contribution in [2.75, 3.05) is 13.7 Å². The Morgan fingerprint density at radius 3 is 2.70 bits per heavy atom. The second-order valence-corrected chi connectivity index (χ2v) is 4.88. The van der Waals surface area contributed by atoms with Crippen LogP contribution in [-0.2, 0) is 6.42 Å². The van der Waals surface area contributed by atoms with Crippen LogP contribution in [0, 0.1) is 0 Å². The van der Waals surface area contributed by atoms with Crippen molar-refractivity contribution < 1.29 is 4.74 Å². The Bertz CT molecular complexity index is 545. The smallest absolute Gasteiger partial charge is 0.233 e. The van der Waals surface area contributed by atoms with E-state index in [-0.39, 0.29) is 6.04 Å². The quantitative estimate of drug-likeness (QED) is 0.889. The van der Waals surface area contributed by atoms with Crippen molar-refractivity contribution in [3.63, 3.8) is 0 Å². The molecule has 0 aliphatic heterocycles. The highest BCUT2D eigenvalue weighted by Gasteiger charge is 2.13. The molecule has 4 nitrogen and oxygen atoms in total. The van der Waals surface area contributed by atoms with E-state index in [1.165, 1.54) is 5.56 Å². The summed E-state index contributed by atoms with van der Waals surface area (Å²) in [5.41, 5.74) is 2.06. The van der Waals surface area contributed by atoms with Crippen LogP contribution < -0.4 is 10.1 Å². The minimum Gasteiger partial charge on any atom is -0.480 e. The van der Waals surface area contributed by atoms with Crippen molar-refractivity contribution in [3.8, 4) is 5.88 Å². The van der Waals surface area contributed by atoms with Crippen LogP contribution in [0.5, 0.6) is 5.88 Å². The van der Waals surface area contributed by atoms with Gasteiger partial charge in [0, 0.05) is 11.1 Å². The van der Waals surface area contributed by atoms with Crippen LogP contribution in [-0.4, -0.2) is 23.9 Å². The van der Waals surface area contributed by atoms with Crippen LogP contribution in [0.3, 0.4) is 0 Å². The molecular weight excluding hydrogens is 274 g/mol. The number of likely N-dealkylation sites (N-methyl/N-ethyl adjacent to an activating group) is 1. The molecule has 106 valence electrons. The van der Waals surface area contributed by atoms with Gasteiger partial charge in [-0.2, -0.15) is 5.10 Å². The zero-order chi connectivity index (χ0) is 14.4. The van der Waals surface area contributed by atoms with Gasteiger partial charge in [0.25, 0.3) is 0 Å². The highest BCUT2D eigenvalue weighted by atomic mass is 35.5. The molecule has 0 fully saturated rings. The number of nitrogens with zero attached hydrogens (tertiary/aromatic N) is 2. The van der Waals surface area contributed by atoms with Crippen LogP contribution in [0.2, 0.25) is 5.02 Å². The maximum absolute atomic E-state index is 6.03. The van der Waals surface area contributed by atoms with Gasteiger partial charge < -0.3 is 10.1 Å². The minimum absolute atomic E-state index is 0.108. The third-order valence-electron chi connectivity index (χ3n) is 3.01. The molecule has 1 atom stereocenters. The third kappa shape index (κ3) is 3.92. The van der Waals surface area contributed by atoms with E-state index in [1.807, 2.05) is 30.3 Å². The van der Waals surface area contributed by atoms with E-state index in [4.69, 9.17) is 16.3 Å². The molecule has 5 heteroatoms. The fourth-order valence-electron chi connectivity index (χ4n) is 2.05. The molecule has 0 saturated heterocycles. The van der Waals surface area contributed by atoms with Gasteiger partial charge in [-0.15, -0.1) is 5.10 Å². The van der Waals surface area contributed by atoms with Crippen molar-refractivity contribution >= 4 is 11.6 Å². The lowest BCUT2D eigenvalue weighted by atomic mass is 10.0. The summed E-state index contributed by atoms with van der Waals surface area (Å²) in [5, 5.41) is 12.4. The van der Waals surface area contributed by atoms with Crippen molar-refractivity contribution in [2.45, 2.75) is 19.4 Å². The number of aromatic nitrogens is 2. The third-order valence-corrected chi connectivity index (χ3v) is 3.24. The lowest BCUT2D eigenvalue weighted by Gasteiger charge is -2.17. The topological polar surface area (TPSA) is 47.0 Å². The van der Waals surface area contributed by atoms with Gasteiger partial charge in [0.1, 0.15) is 0 Å². The predicted octanol–water partition coefficient (Wildman–Crippen LogP) is 3.03. The Morgan fingerprint density at radius 2 is 2.10 bits per heavy atom. The number of hydrogen-bond acceptors (Lipinski definition) is 4. The molecule has 1 unspecified atom stereocenters. The summed E-state index contributed by atoms with van der Waals surface area (Å²) in [5.74, 6) is 0.520. The number of benzene rings is 1. The molecule has 0 saturated carbocycles. The molecule has 1 N–H and O–H groups in total. The molecule has 0 amide bonds. The molecular formula is C15H18ClN3O. The van der Waals surface area contributed by atoms with E-state index in [2.05, 4.69) is 28.5 Å². The van der Waals surface area contributed by atoms with Crippen LogP contribution in [0.1, 0.15) is 24.2 Å². The number of hydrogen-bond donors (Lipinski definition) is 1. The van der Waals surface area contributed by atoms with Crippen molar-refractivity contribution in [3.05, 3.63) is 52.7 Å². The number of methoxy groups -OCH3 is 1. The molecule has 1 aromatic carbocycles. The highest BCUT2D eigenvalue weighted by Crippen LogP contribution is 2.19. The van der Waals surface area contributed by atoms with Gasteiger partial charge in [0.15, 0.2) is 0 Å². The standard InChI is InChI=1S/C15H18ClN3O/c1-3-17-14(10-11-5-4-6-12(16)9-11)13-7-8-15(20-2)19-18-13/h4-9,14,17H,3,10H2,1-2H3. The Morgan fingerprint density at radius 1 is 1.25 bits per heavy atom. The summed E-state index contributed by atoms with van der Waals surface area (Å²) >= 11 is 6.03. The normalized spacial score (nSPS) is 12.2. The first-order valence-electron chi connectivity index (χ1n) is 6.58. The van der Waals surface area contributed by atoms with Crippen molar-refractivity contribution in [2.24, 2.45) is 0 Å². The Labute approximate surface area is 124 Å². The molecule has 20 heavy (non-hydrogen) atoms. The molecule has 1 heterocycles. The van der Waals surface area contributed by atoms with E-state index in [0.717, 1.165) is 23.7 Å². The van der Waals surface area contributed by atoms with E-state index >= 15 is 0 Å². The van der Waals surface area contributed by atoms with E-state index in [1.54, 1.807) is 7.11 Å². The van der Waals surface area contributed by atoms with Gasteiger partial charge in [-0.05, 0) is 36.7 Å². The molecule has 0 spiro atoms. The number of rotatable bonds is 6. The summed E-state index contributed by atoms with van der Waals surface area (Å²) < 4.78 is 5.03. The number of halogens is 1. The molecule has 0 aliphatic carbocycles. The average Bonchev–Trinajstić information content (AvgIpc) is 2.47. The van der Waals surface area contributed by atoms with Gasteiger partial charge in [-0.3, -0.25) is 0 Å². The largest absolute Gasteiger partial charge is 0.480 e. The summed E-state index contributed by atoms with van der Waals surface area (Å²) in [6, 6.07) is 11.7. The van der Waals surface area contributed by atoms with E-state index < -0.39 is 0 Å². The predicted molar refractivity (Wildman–Crippen MR) is 80.2 cm³/mol. The maximum Gasteiger partial charge on any atom is 0.233 e. The summed E-state index contributed by atoms with van der Waals surface area (Å²) in [4.78, 5) is 0. The van der Waals surface area contributed by atoms with E-state index in [0.29, 0.717) is 5.88 Å². The van der Waals surface area contributed by atoms with Crippen molar-refractivity contribution in [1.29, 1.82) is 0 Å². The second kappa shape index (κ2) is 7.22. The van der Waals surface area contributed by atoms with Crippen LogP contribution >= 0.6 is 11.6 Å². The SMILES string of the molecule is CCNC(Cc1cccc(Cl)c1)c1ccc(OC)nn1. The first-order chi connectivity index (χ1) is 9.72. The highest BCUT2D eigenvalue weighted by molar-refractivity contribution is 6.30. The molecule has 0 radical (unpaired) electrons. The fraction of sp³-hybridized carbons (Fsp3) is 0.333. The second-order valence-electron chi connectivity index (χ2n) is 4.44. The van der Waals surface area contributed by atoms with Gasteiger partial charge in [0.2, 0.25) is 5.88 Å². The fourth-order valence-corrected chi connectivity index (χ4v) is 2.27. The average molecular weight is 292 g/mol. The lowest BCUT2D eigenvalue weighted by molar-refractivity contribution is 0.389.